The van der Waals surface area contributed by atoms with Gasteiger partial charge in [-0.3, -0.25) is 0 Å². The molecule has 1 aromatic rings. The number of anilines is 3. The molecular weight excluding hydrogens is 270 g/mol. The van der Waals surface area contributed by atoms with Crippen LogP contribution in [0.2, 0.25) is 0 Å². The van der Waals surface area contributed by atoms with Crippen LogP contribution in [0, 0.1) is 0 Å². The molecule has 1 aromatic heterocycles. The van der Waals surface area contributed by atoms with Gasteiger partial charge in [-0.05, 0) is 6.42 Å². The normalized spacial score (nSPS) is 11.3. The second kappa shape index (κ2) is 7.13. The Morgan fingerprint density at radius 3 is 2.25 bits per heavy atom. The largest absolute Gasteiger partial charge is 0.390 e. The molecule has 0 aromatic carbocycles. The molecule has 0 fully saturated rings. The van der Waals surface area contributed by atoms with Gasteiger partial charge in [-0.2, -0.15) is 15.0 Å². The number of aliphatic hydroxyl groups is 1. The molecule has 20 heavy (non-hydrogen) atoms. The Labute approximate surface area is 116 Å². The fourth-order valence-electron chi connectivity index (χ4n) is 1.22. The molecule has 0 saturated carbocycles. The van der Waals surface area contributed by atoms with E-state index in [0.717, 1.165) is 6.42 Å². The second-order valence-electron chi connectivity index (χ2n) is 4.47. The van der Waals surface area contributed by atoms with E-state index in [1.54, 1.807) is 19.0 Å². The molecule has 9 heteroatoms. The number of nitrogens with one attached hydrogen (secondary N) is 2. The average molecular weight is 290 g/mol. The minimum Gasteiger partial charge on any atom is -0.390 e. The highest BCUT2D eigenvalue weighted by molar-refractivity contribution is 5.43. The fourth-order valence-corrected chi connectivity index (χ4v) is 1.22. The molecule has 3 N–H and O–H groups in total. The summed E-state index contributed by atoms with van der Waals surface area (Å²) in [5, 5.41) is 13.9. The Hall–Kier alpha value is -1.77. The van der Waals surface area contributed by atoms with Crippen LogP contribution in [0.3, 0.4) is 0 Å². The number of aromatic nitrogens is 3. The van der Waals surface area contributed by atoms with Crippen LogP contribution in [0.4, 0.5) is 26.6 Å². The van der Waals surface area contributed by atoms with Gasteiger partial charge < -0.3 is 20.6 Å². The van der Waals surface area contributed by atoms with E-state index in [1.807, 2.05) is 6.92 Å². The standard InChI is InChI=1S/C11H20F2N6O/c1-4-5-14-8-16-9(15-6-11(12,13)7-20)18-10(17-8)19(2)3/h20H,4-7H2,1-3H3,(H2,14,15,16,17,18). The van der Waals surface area contributed by atoms with Crippen LogP contribution < -0.4 is 15.5 Å². The lowest BCUT2D eigenvalue weighted by atomic mass is 10.3. The second-order valence-corrected chi connectivity index (χ2v) is 4.47. The van der Waals surface area contributed by atoms with Crippen LogP contribution in [0.5, 0.6) is 0 Å². The third kappa shape index (κ3) is 5.08. The molecule has 0 radical (unpaired) electrons. The van der Waals surface area contributed by atoms with Gasteiger partial charge in [0, 0.05) is 20.6 Å². The average Bonchev–Trinajstić information content (AvgIpc) is 2.43. The molecule has 0 aliphatic heterocycles. The Balaban J connectivity index is 2.85. The zero-order valence-corrected chi connectivity index (χ0v) is 11.8. The molecule has 0 atom stereocenters. The lowest BCUT2D eigenvalue weighted by Crippen LogP contribution is -2.31. The first-order chi connectivity index (χ1) is 9.38. The first-order valence-electron chi connectivity index (χ1n) is 6.28. The molecule has 0 spiro atoms. The summed E-state index contributed by atoms with van der Waals surface area (Å²) < 4.78 is 26.0. The molecule has 1 heterocycles. The highest BCUT2D eigenvalue weighted by Gasteiger charge is 2.27. The van der Waals surface area contributed by atoms with Gasteiger partial charge >= 0.3 is 0 Å². The van der Waals surface area contributed by atoms with Crippen LogP contribution in [-0.2, 0) is 0 Å². The summed E-state index contributed by atoms with van der Waals surface area (Å²) >= 11 is 0. The summed E-state index contributed by atoms with van der Waals surface area (Å²) in [6, 6.07) is 0. The monoisotopic (exact) mass is 290 g/mol. The fraction of sp³-hybridized carbons (Fsp3) is 0.727. The number of rotatable bonds is 8. The van der Waals surface area contributed by atoms with Crippen molar-refractivity contribution in [3.8, 4) is 0 Å². The van der Waals surface area contributed by atoms with Gasteiger partial charge in [0.2, 0.25) is 17.8 Å². The van der Waals surface area contributed by atoms with Crippen molar-refractivity contribution in [2.75, 3.05) is 49.3 Å². The molecule has 7 nitrogen and oxygen atoms in total. The van der Waals surface area contributed by atoms with Gasteiger partial charge in [0.1, 0.15) is 6.61 Å². The molecule has 0 aliphatic rings. The molecule has 114 valence electrons. The zero-order chi connectivity index (χ0) is 15.2. The minimum absolute atomic E-state index is 0.0374. The van der Waals surface area contributed by atoms with Crippen molar-refractivity contribution in [1.29, 1.82) is 0 Å². The van der Waals surface area contributed by atoms with Crippen LogP contribution in [0.1, 0.15) is 13.3 Å². The Bertz CT molecular complexity index is 429. The molecule has 0 unspecified atom stereocenters. The van der Waals surface area contributed by atoms with Crippen LogP contribution in [0.25, 0.3) is 0 Å². The number of nitrogens with zero attached hydrogens (tertiary/aromatic N) is 4. The van der Waals surface area contributed by atoms with Crippen LogP contribution >= 0.6 is 0 Å². The van der Waals surface area contributed by atoms with Crippen LogP contribution in [0.15, 0.2) is 0 Å². The molecule has 0 amide bonds. The van der Waals surface area contributed by atoms with Gasteiger partial charge in [-0.15, -0.1) is 0 Å². The van der Waals surface area contributed by atoms with Crippen molar-refractivity contribution in [2.45, 2.75) is 19.3 Å². The predicted molar refractivity (Wildman–Crippen MR) is 73.5 cm³/mol. The zero-order valence-electron chi connectivity index (χ0n) is 11.8. The third-order valence-electron chi connectivity index (χ3n) is 2.29. The maximum atomic E-state index is 13.0. The van der Waals surface area contributed by atoms with Gasteiger partial charge in [0.25, 0.3) is 5.92 Å². The van der Waals surface area contributed by atoms with E-state index in [1.165, 1.54) is 0 Å². The highest BCUT2D eigenvalue weighted by Crippen LogP contribution is 2.15. The van der Waals surface area contributed by atoms with Crippen LogP contribution in [-0.4, -0.2) is 59.8 Å². The van der Waals surface area contributed by atoms with Crippen molar-refractivity contribution < 1.29 is 13.9 Å². The first kappa shape index (κ1) is 16.3. The maximum Gasteiger partial charge on any atom is 0.287 e. The van der Waals surface area contributed by atoms with Crippen molar-refractivity contribution in [3.63, 3.8) is 0 Å². The minimum atomic E-state index is -3.22. The SMILES string of the molecule is CCCNc1nc(NCC(F)(F)CO)nc(N(C)C)n1. The van der Waals surface area contributed by atoms with E-state index >= 15 is 0 Å². The van der Waals surface area contributed by atoms with E-state index in [0.29, 0.717) is 18.4 Å². The van der Waals surface area contributed by atoms with Crippen molar-refractivity contribution in [3.05, 3.63) is 0 Å². The molecule has 1 rings (SSSR count). The Morgan fingerprint density at radius 1 is 1.15 bits per heavy atom. The molecular formula is C11H20F2N6O. The summed E-state index contributed by atoms with van der Waals surface area (Å²) in [7, 11) is 3.48. The Kier molecular flexibility index (Phi) is 5.81. The molecule has 0 saturated heterocycles. The number of halogens is 2. The number of alkyl halides is 2. The predicted octanol–water partition coefficient (Wildman–Crippen LogP) is 0.799. The van der Waals surface area contributed by atoms with Gasteiger partial charge in [-0.25, -0.2) is 8.78 Å². The highest BCUT2D eigenvalue weighted by atomic mass is 19.3. The van der Waals surface area contributed by atoms with Gasteiger partial charge in [-0.1, -0.05) is 6.92 Å². The van der Waals surface area contributed by atoms with Crippen molar-refractivity contribution >= 4 is 17.8 Å². The maximum absolute atomic E-state index is 13.0. The topological polar surface area (TPSA) is 86.2 Å². The lowest BCUT2D eigenvalue weighted by Gasteiger charge is -2.16. The quantitative estimate of drug-likeness (QED) is 0.653. The molecule has 0 bridgehead atoms. The first-order valence-corrected chi connectivity index (χ1v) is 6.28. The van der Waals surface area contributed by atoms with E-state index in [2.05, 4.69) is 25.6 Å². The molecule has 0 aliphatic carbocycles. The number of hydrogen-bond donors (Lipinski definition) is 3. The van der Waals surface area contributed by atoms with Crippen molar-refractivity contribution in [2.24, 2.45) is 0 Å². The number of aliphatic hydroxyl groups excluding tert-OH is 1. The van der Waals surface area contributed by atoms with E-state index < -0.39 is 19.1 Å². The van der Waals surface area contributed by atoms with E-state index in [4.69, 9.17) is 5.11 Å². The third-order valence-corrected chi connectivity index (χ3v) is 2.29. The van der Waals surface area contributed by atoms with Gasteiger partial charge in [0.15, 0.2) is 0 Å². The summed E-state index contributed by atoms with van der Waals surface area (Å²) in [6.45, 7) is 0.686. The van der Waals surface area contributed by atoms with E-state index in [-0.39, 0.29) is 5.95 Å². The lowest BCUT2D eigenvalue weighted by molar-refractivity contribution is -0.0374. The van der Waals surface area contributed by atoms with E-state index in [9.17, 15) is 8.78 Å². The summed E-state index contributed by atoms with van der Waals surface area (Å²) in [5.41, 5.74) is 0. The van der Waals surface area contributed by atoms with Crippen molar-refractivity contribution in [1.82, 2.24) is 15.0 Å². The summed E-state index contributed by atoms with van der Waals surface area (Å²) in [5.74, 6) is -2.51. The van der Waals surface area contributed by atoms with Gasteiger partial charge in [0.05, 0.1) is 6.54 Å². The number of hydrogen-bond acceptors (Lipinski definition) is 7. The summed E-state index contributed by atoms with van der Waals surface area (Å²) in [6.07, 6.45) is 0.883. The Morgan fingerprint density at radius 2 is 1.75 bits per heavy atom. The smallest absolute Gasteiger partial charge is 0.287 e. The summed E-state index contributed by atoms with van der Waals surface area (Å²) in [4.78, 5) is 13.8.